The third-order valence-corrected chi connectivity index (χ3v) is 3.03. The lowest BCUT2D eigenvalue weighted by Gasteiger charge is -2.10. The number of hydrogen-bond donors (Lipinski definition) is 1. The van der Waals surface area contributed by atoms with Crippen LogP contribution in [0, 0.1) is 13.8 Å². The van der Waals surface area contributed by atoms with E-state index in [4.69, 9.17) is 0 Å². The maximum Gasteiger partial charge on any atom is 0.234 e. The number of nitrogens with zero attached hydrogens (tertiary/aromatic N) is 3. The molecule has 0 aliphatic heterocycles. The largest absolute Gasteiger partial charge is 0.311 e. The van der Waals surface area contributed by atoms with Gasteiger partial charge in [0.1, 0.15) is 0 Å². The van der Waals surface area contributed by atoms with Gasteiger partial charge in [0.05, 0.1) is 0 Å². The third-order valence-electron chi connectivity index (χ3n) is 3.03. The SMILES string of the molecule is CCCCNCc1cccn1-c1nc(C)cc(C)n1. The second-order valence-electron chi connectivity index (χ2n) is 4.85. The molecule has 102 valence electrons. The molecule has 2 aromatic rings. The average molecular weight is 258 g/mol. The summed E-state index contributed by atoms with van der Waals surface area (Å²) >= 11 is 0. The summed E-state index contributed by atoms with van der Waals surface area (Å²) in [6.45, 7) is 8.11. The van der Waals surface area contributed by atoms with Crippen LogP contribution in [0.5, 0.6) is 0 Å². The van der Waals surface area contributed by atoms with Crippen molar-refractivity contribution in [1.29, 1.82) is 0 Å². The van der Waals surface area contributed by atoms with Crippen LogP contribution in [0.1, 0.15) is 36.8 Å². The highest BCUT2D eigenvalue weighted by atomic mass is 15.2. The van der Waals surface area contributed by atoms with Crippen LogP contribution in [-0.2, 0) is 6.54 Å². The molecule has 0 atom stereocenters. The van der Waals surface area contributed by atoms with Crippen molar-refractivity contribution in [1.82, 2.24) is 19.9 Å². The standard InChI is InChI=1S/C15H22N4/c1-4-5-8-16-11-14-7-6-9-19(14)15-17-12(2)10-13(3)18-15/h6-7,9-10,16H,4-5,8,11H2,1-3H3. The molecule has 0 aliphatic rings. The van der Waals surface area contributed by atoms with Gasteiger partial charge >= 0.3 is 0 Å². The van der Waals surface area contributed by atoms with E-state index >= 15 is 0 Å². The summed E-state index contributed by atoms with van der Waals surface area (Å²) in [6, 6.07) is 6.14. The summed E-state index contributed by atoms with van der Waals surface area (Å²) in [5.74, 6) is 0.759. The predicted octanol–water partition coefficient (Wildman–Crippen LogP) is 2.77. The highest BCUT2D eigenvalue weighted by Crippen LogP contribution is 2.10. The van der Waals surface area contributed by atoms with Gasteiger partial charge in [0, 0.05) is 29.8 Å². The Labute approximate surface area is 114 Å². The molecule has 1 N–H and O–H groups in total. The lowest BCUT2D eigenvalue weighted by Crippen LogP contribution is -2.17. The molecule has 2 aromatic heterocycles. The zero-order valence-electron chi connectivity index (χ0n) is 12.0. The molecule has 4 heteroatoms. The molecule has 0 bridgehead atoms. The molecule has 0 unspecified atom stereocenters. The molecule has 0 fully saturated rings. The van der Waals surface area contributed by atoms with Crippen LogP contribution in [0.4, 0.5) is 0 Å². The van der Waals surface area contributed by atoms with Crippen molar-refractivity contribution in [2.24, 2.45) is 0 Å². The Hall–Kier alpha value is -1.68. The molecule has 0 saturated heterocycles. The van der Waals surface area contributed by atoms with E-state index in [1.165, 1.54) is 18.5 Å². The van der Waals surface area contributed by atoms with Crippen molar-refractivity contribution in [3.63, 3.8) is 0 Å². The maximum absolute atomic E-state index is 4.51. The lowest BCUT2D eigenvalue weighted by molar-refractivity contribution is 0.624. The fourth-order valence-electron chi connectivity index (χ4n) is 2.09. The van der Waals surface area contributed by atoms with Crippen LogP contribution in [0.15, 0.2) is 24.4 Å². The Kier molecular flexibility index (Phi) is 4.68. The molecule has 0 aliphatic carbocycles. The Bertz CT molecular complexity index is 510. The molecule has 0 amide bonds. The van der Waals surface area contributed by atoms with E-state index in [0.29, 0.717) is 0 Å². The van der Waals surface area contributed by atoms with Gasteiger partial charge in [-0.2, -0.15) is 0 Å². The topological polar surface area (TPSA) is 42.7 Å². The first-order chi connectivity index (χ1) is 9.20. The van der Waals surface area contributed by atoms with Gasteiger partial charge in [-0.1, -0.05) is 13.3 Å². The van der Waals surface area contributed by atoms with Crippen LogP contribution in [0.3, 0.4) is 0 Å². The van der Waals surface area contributed by atoms with Crippen LogP contribution in [0.25, 0.3) is 5.95 Å². The van der Waals surface area contributed by atoms with Crippen molar-refractivity contribution in [2.45, 2.75) is 40.2 Å². The Morgan fingerprint density at radius 3 is 2.63 bits per heavy atom. The van der Waals surface area contributed by atoms with Crippen LogP contribution in [0.2, 0.25) is 0 Å². The molecule has 0 spiro atoms. The van der Waals surface area contributed by atoms with E-state index in [1.807, 2.05) is 32.2 Å². The summed E-state index contributed by atoms with van der Waals surface area (Å²) in [5.41, 5.74) is 3.20. The van der Waals surface area contributed by atoms with Gasteiger partial charge in [-0.15, -0.1) is 0 Å². The lowest BCUT2D eigenvalue weighted by atomic mass is 10.3. The number of rotatable bonds is 6. The van der Waals surface area contributed by atoms with Crippen molar-refractivity contribution < 1.29 is 0 Å². The number of aryl methyl sites for hydroxylation is 2. The summed E-state index contributed by atoms with van der Waals surface area (Å²) in [6.07, 6.45) is 4.44. The minimum Gasteiger partial charge on any atom is -0.311 e. The number of nitrogens with one attached hydrogen (secondary N) is 1. The first-order valence-electron chi connectivity index (χ1n) is 6.90. The average Bonchev–Trinajstić information content (AvgIpc) is 2.82. The number of hydrogen-bond acceptors (Lipinski definition) is 3. The summed E-state index contributed by atoms with van der Waals surface area (Å²) < 4.78 is 2.05. The number of aromatic nitrogens is 3. The molecule has 0 aromatic carbocycles. The predicted molar refractivity (Wildman–Crippen MR) is 77.4 cm³/mol. The van der Waals surface area contributed by atoms with E-state index in [2.05, 4.69) is 32.8 Å². The molecule has 2 heterocycles. The van der Waals surface area contributed by atoms with E-state index < -0.39 is 0 Å². The van der Waals surface area contributed by atoms with Gasteiger partial charge < -0.3 is 5.32 Å². The quantitative estimate of drug-likeness (QED) is 0.810. The van der Waals surface area contributed by atoms with Crippen molar-refractivity contribution in [3.05, 3.63) is 41.5 Å². The van der Waals surface area contributed by atoms with Gasteiger partial charge in [-0.3, -0.25) is 4.57 Å². The Balaban J connectivity index is 2.14. The first-order valence-corrected chi connectivity index (χ1v) is 6.90. The Morgan fingerprint density at radius 1 is 1.21 bits per heavy atom. The maximum atomic E-state index is 4.51. The molecular formula is C15H22N4. The van der Waals surface area contributed by atoms with Crippen LogP contribution >= 0.6 is 0 Å². The summed E-state index contributed by atoms with van der Waals surface area (Å²) in [7, 11) is 0. The van der Waals surface area contributed by atoms with E-state index in [9.17, 15) is 0 Å². The molecular weight excluding hydrogens is 236 g/mol. The first kappa shape index (κ1) is 13.7. The minimum atomic E-state index is 0.759. The van der Waals surface area contributed by atoms with E-state index in [1.54, 1.807) is 0 Å². The van der Waals surface area contributed by atoms with Crippen LogP contribution < -0.4 is 5.32 Å². The van der Waals surface area contributed by atoms with E-state index in [-0.39, 0.29) is 0 Å². The smallest absolute Gasteiger partial charge is 0.234 e. The second kappa shape index (κ2) is 6.48. The monoisotopic (exact) mass is 258 g/mol. The highest BCUT2D eigenvalue weighted by Gasteiger charge is 2.06. The summed E-state index contributed by atoms with van der Waals surface area (Å²) in [4.78, 5) is 9.01. The van der Waals surface area contributed by atoms with Crippen molar-refractivity contribution in [3.8, 4) is 5.95 Å². The molecule has 19 heavy (non-hydrogen) atoms. The fourth-order valence-corrected chi connectivity index (χ4v) is 2.09. The molecule has 4 nitrogen and oxygen atoms in total. The van der Waals surface area contributed by atoms with E-state index in [0.717, 1.165) is 30.4 Å². The molecule has 0 saturated carbocycles. The van der Waals surface area contributed by atoms with Gasteiger partial charge in [-0.05, 0) is 45.0 Å². The van der Waals surface area contributed by atoms with Gasteiger partial charge in [-0.25, -0.2) is 9.97 Å². The minimum absolute atomic E-state index is 0.759. The molecule has 2 rings (SSSR count). The second-order valence-corrected chi connectivity index (χ2v) is 4.85. The van der Waals surface area contributed by atoms with Crippen LogP contribution in [-0.4, -0.2) is 21.1 Å². The van der Waals surface area contributed by atoms with Gasteiger partial charge in [0.2, 0.25) is 5.95 Å². The third kappa shape index (κ3) is 3.64. The zero-order valence-corrected chi connectivity index (χ0v) is 12.0. The van der Waals surface area contributed by atoms with Crippen molar-refractivity contribution in [2.75, 3.05) is 6.54 Å². The summed E-state index contributed by atoms with van der Waals surface area (Å²) in [5, 5.41) is 3.45. The fraction of sp³-hybridized carbons (Fsp3) is 0.467. The van der Waals surface area contributed by atoms with Gasteiger partial charge in [0.25, 0.3) is 0 Å². The zero-order chi connectivity index (χ0) is 13.7. The Morgan fingerprint density at radius 2 is 1.95 bits per heavy atom. The molecule has 0 radical (unpaired) electrons. The van der Waals surface area contributed by atoms with Gasteiger partial charge in [0.15, 0.2) is 0 Å². The normalized spacial score (nSPS) is 10.9. The highest BCUT2D eigenvalue weighted by molar-refractivity contribution is 5.24. The van der Waals surface area contributed by atoms with Crippen molar-refractivity contribution >= 4 is 0 Å². The number of unbranched alkanes of at least 4 members (excludes halogenated alkanes) is 1.